The lowest BCUT2D eigenvalue weighted by Crippen LogP contribution is -2.08. The van der Waals surface area contributed by atoms with Crippen LogP contribution in [0.2, 0.25) is 0 Å². The van der Waals surface area contributed by atoms with Crippen molar-refractivity contribution in [1.29, 1.82) is 0 Å². The van der Waals surface area contributed by atoms with Crippen molar-refractivity contribution in [2.45, 2.75) is 26.8 Å². The number of methoxy groups -OCH3 is 1. The number of aromatic hydroxyl groups is 1. The molecule has 1 aromatic carbocycles. The van der Waals surface area contributed by atoms with E-state index in [1.807, 2.05) is 20.8 Å². The van der Waals surface area contributed by atoms with Crippen LogP contribution in [-0.2, 0) is 0 Å². The SMILES string of the molecule is COc1c(O)cc(C(C)N)c(C)c1C. The topological polar surface area (TPSA) is 55.5 Å². The molecule has 0 amide bonds. The zero-order valence-corrected chi connectivity index (χ0v) is 9.09. The third kappa shape index (κ3) is 1.68. The van der Waals surface area contributed by atoms with Crippen LogP contribution in [0.1, 0.15) is 29.7 Å². The lowest BCUT2D eigenvalue weighted by atomic mass is 9.97. The summed E-state index contributed by atoms with van der Waals surface area (Å²) in [4.78, 5) is 0. The Labute approximate surface area is 84.5 Å². The minimum absolute atomic E-state index is 0.0782. The maximum Gasteiger partial charge on any atom is 0.163 e. The van der Waals surface area contributed by atoms with E-state index in [4.69, 9.17) is 10.5 Å². The molecular weight excluding hydrogens is 178 g/mol. The molecule has 0 aliphatic heterocycles. The van der Waals surface area contributed by atoms with Crippen molar-refractivity contribution in [3.63, 3.8) is 0 Å². The van der Waals surface area contributed by atoms with E-state index in [2.05, 4.69) is 0 Å². The number of rotatable bonds is 2. The summed E-state index contributed by atoms with van der Waals surface area (Å²) in [5, 5.41) is 9.66. The van der Waals surface area contributed by atoms with Crippen LogP contribution >= 0.6 is 0 Å². The van der Waals surface area contributed by atoms with Crippen LogP contribution in [0.5, 0.6) is 11.5 Å². The van der Waals surface area contributed by atoms with Gasteiger partial charge in [-0.3, -0.25) is 0 Å². The highest BCUT2D eigenvalue weighted by Gasteiger charge is 2.14. The minimum Gasteiger partial charge on any atom is -0.504 e. The second kappa shape index (κ2) is 3.88. The Bertz CT molecular complexity index is 346. The van der Waals surface area contributed by atoms with Gasteiger partial charge in [0.2, 0.25) is 0 Å². The quantitative estimate of drug-likeness (QED) is 0.759. The van der Waals surface area contributed by atoms with Crippen LogP contribution in [0.25, 0.3) is 0 Å². The first-order chi connectivity index (χ1) is 6.49. The Balaban J connectivity index is 3.40. The average Bonchev–Trinajstić information content (AvgIpc) is 2.12. The largest absolute Gasteiger partial charge is 0.504 e. The molecule has 0 fully saturated rings. The Morgan fingerprint density at radius 3 is 2.36 bits per heavy atom. The van der Waals surface area contributed by atoms with Crippen molar-refractivity contribution in [3.05, 3.63) is 22.8 Å². The molecule has 3 nitrogen and oxygen atoms in total. The van der Waals surface area contributed by atoms with Gasteiger partial charge >= 0.3 is 0 Å². The zero-order chi connectivity index (χ0) is 10.9. The van der Waals surface area contributed by atoms with Crippen molar-refractivity contribution in [1.82, 2.24) is 0 Å². The third-order valence-electron chi connectivity index (χ3n) is 2.56. The second-order valence-electron chi connectivity index (χ2n) is 3.56. The van der Waals surface area contributed by atoms with Gasteiger partial charge in [-0.1, -0.05) is 0 Å². The van der Waals surface area contributed by atoms with Crippen molar-refractivity contribution < 1.29 is 9.84 Å². The van der Waals surface area contributed by atoms with Gasteiger partial charge in [0.05, 0.1) is 7.11 Å². The summed E-state index contributed by atoms with van der Waals surface area (Å²) in [7, 11) is 1.55. The van der Waals surface area contributed by atoms with Gasteiger partial charge in [0.15, 0.2) is 11.5 Å². The Morgan fingerprint density at radius 2 is 1.93 bits per heavy atom. The number of hydrogen-bond acceptors (Lipinski definition) is 3. The standard InChI is InChI=1S/C11H17NO2/c1-6-7(2)11(14-4)10(13)5-9(6)8(3)12/h5,8,13H,12H2,1-4H3. The van der Waals surface area contributed by atoms with Crippen LogP contribution in [0.15, 0.2) is 6.07 Å². The Morgan fingerprint density at radius 1 is 1.36 bits per heavy atom. The number of hydrogen-bond donors (Lipinski definition) is 2. The fraction of sp³-hybridized carbons (Fsp3) is 0.455. The molecule has 3 N–H and O–H groups in total. The number of phenols is 1. The summed E-state index contributed by atoms with van der Waals surface area (Å²) >= 11 is 0. The van der Waals surface area contributed by atoms with Gasteiger partial charge in [-0.25, -0.2) is 0 Å². The first-order valence-electron chi connectivity index (χ1n) is 4.61. The van der Waals surface area contributed by atoms with Gasteiger partial charge in [0, 0.05) is 6.04 Å². The number of benzene rings is 1. The lowest BCUT2D eigenvalue weighted by molar-refractivity contribution is 0.369. The molecule has 3 heteroatoms. The van der Waals surface area contributed by atoms with E-state index in [9.17, 15) is 5.11 Å². The summed E-state index contributed by atoms with van der Waals surface area (Å²) in [6.07, 6.45) is 0. The summed E-state index contributed by atoms with van der Waals surface area (Å²) in [5.41, 5.74) is 8.77. The molecule has 1 aromatic rings. The summed E-state index contributed by atoms with van der Waals surface area (Å²) < 4.78 is 5.10. The fourth-order valence-electron chi connectivity index (χ4n) is 1.63. The fourth-order valence-corrected chi connectivity index (χ4v) is 1.63. The molecule has 0 aromatic heterocycles. The average molecular weight is 195 g/mol. The molecule has 0 radical (unpaired) electrons. The van der Waals surface area contributed by atoms with Crippen LogP contribution in [-0.4, -0.2) is 12.2 Å². The van der Waals surface area contributed by atoms with E-state index < -0.39 is 0 Å². The molecule has 1 rings (SSSR count). The van der Waals surface area contributed by atoms with E-state index in [0.717, 1.165) is 16.7 Å². The molecule has 0 spiro atoms. The molecule has 14 heavy (non-hydrogen) atoms. The van der Waals surface area contributed by atoms with Crippen LogP contribution in [0.4, 0.5) is 0 Å². The molecule has 0 saturated heterocycles. The maximum absolute atomic E-state index is 9.66. The van der Waals surface area contributed by atoms with Gasteiger partial charge < -0.3 is 15.6 Å². The minimum atomic E-state index is -0.0782. The highest BCUT2D eigenvalue weighted by molar-refractivity contribution is 5.53. The lowest BCUT2D eigenvalue weighted by Gasteiger charge is -2.16. The number of phenolic OH excluding ortho intramolecular Hbond substituents is 1. The number of ether oxygens (including phenoxy) is 1. The van der Waals surface area contributed by atoms with E-state index in [1.165, 1.54) is 0 Å². The predicted octanol–water partition coefficient (Wildman–Crippen LogP) is 2.04. The highest BCUT2D eigenvalue weighted by Crippen LogP contribution is 2.35. The van der Waals surface area contributed by atoms with Crippen molar-refractivity contribution in [2.24, 2.45) is 5.73 Å². The molecule has 0 saturated carbocycles. The van der Waals surface area contributed by atoms with E-state index in [-0.39, 0.29) is 11.8 Å². The summed E-state index contributed by atoms with van der Waals surface area (Å²) in [6, 6.07) is 1.59. The molecule has 1 unspecified atom stereocenters. The normalized spacial score (nSPS) is 12.6. The predicted molar refractivity (Wildman–Crippen MR) is 56.7 cm³/mol. The third-order valence-corrected chi connectivity index (χ3v) is 2.56. The molecule has 1 atom stereocenters. The molecule has 0 bridgehead atoms. The Kier molecular flexibility index (Phi) is 3.01. The van der Waals surface area contributed by atoms with Gasteiger partial charge in [-0.2, -0.15) is 0 Å². The molecular formula is C11H17NO2. The molecule has 0 aliphatic carbocycles. The van der Waals surface area contributed by atoms with Crippen LogP contribution < -0.4 is 10.5 Å². The molecule has 78 valence electrons. The first-order valence-corrected chi connectivity index (χ1v) is 4.61. The summed E-state index contributed by atoms with van der Waals surface area (Å²) in [6.45, 7) is 5.80. The zero-order valence-electron chi connectivity index (χ0n) is 9.09. The van der Waals surface area contributed by atoms with Crippen LogP contribution in [0, 0.1) is 13.8 Å². The van der Waals surface area contributed by atoms with E-state index >= 15 is 0 Å². The molecule has 0 aliphatic rings. The number of nitrogens with two attached hydrogens (primary N) is 1. The smallest absolute Gasteiger partial charge is 0.163 e. The van der Waals surface area contributed by atoms with E-state index in [1.54, 1.807) is 13.2 Å². The first kappa shape index (κ1) is 10.9. The van der Waals surface area contributed by atoms with Gasteiger partial charge in [0.1, 0.15) is 0 Å². The van der Waals surface area contributed by atoms with Gasteiger partial charge in [0.25, 0.3) is 0 Å². The van der Waals surface area contributed by atoms with Gasteiger partial charge in [-0.15, -0.1) is 0 Å². The van der Waals surface area contributed by atoms with Crippen molar-refractivity contribution in [3.8, 4) is 11.5 Å². The van der Waals surface area contributed by atoms with Crippen LogP contribution in [0.3, 0.4) is 0 Å². The monoisotopic (exact) mass is 195 g/mol. The van der Waals surface area contributed by atoms with Gasteiger partial charge in [-0.05, 0) is 43.5 Å². The summed E-state index contributed by atoms with van der Waals surface area (Å²) in [5.74, 6) is 0.690. The maximum atomic E-state index is 9.66. The molecule has 0 heterocycles. The van der Waals surface area contributed by atoms with Crippen molar-refractivity contribution in [2.75, 3.05) is 7.11 Å². The Hall–Kier alpha value is -1.22. The van der Waals surface area contributed by atoms with Crippen molar-refractivity contribution >= 4 is 0 Å². The van der Waals surface area contributed by atoms with E-state index in [0.29, 0.717) is 5.75 Å². The highest BCUT2D eigenvalue weighted by atomic mass is 16.5. The second-order valence-corrected chi connectivity index (χ2v) is 3.56.